The Morgan fingerprint density at radius 2 is 2.24 bits per heavy atom. The third-order valence-electron chi connectivity index (χ3n) is 3.37. The molecule has 0 fully saturated rings. The molecule has 0 aliphatic carbocycles. The van der Waals surface area contributed by atoms with E-state index in [0.29, 0.717) is 11.1 Å². The molecule has 1 aliphatic heterocycles. The Kier molecular flexibility index (Phi) is 2.22. The molecule has 2 heterocycles. The molecule has 0 radical (unpaired) electrons. The van der Waals surface area contributed by atoms with E-state index in [4.69, 9.17) is 5.26 Å². The first-order valence-electron chi connectivity index (χ1n) is 5.65. The number of hydrogen-bond acceptors (Lipinski definition) is 1. The van der Waals surface area contributed by atoms with Crippen LogP contribution in [0, 0.1) is 17.1 Å². The van der Waals surface area contributed by atoms with Gasteiger partial charge in [-0.1, -0.05) is 6.07 Å². The number of aromatic nitrogens is 1. The number of halogens is 1. The number of nitrogens with zero attached hydrogens (tertiary/aromatic N) is 2. The van der Waals surface area contributed by atoms with Crippen molar-refractivity contribution in [1.82, 2.24) is 4.57 Å². The summed E-state index contributed by atoms with van der Waals surface area (Å²) in [5, 5.41) is 8.72. The van der Waals surface area contributed by atoms with Crippen molar-refractivity contribution < 1.29 is 4.39 Å². The van der Waals surface area contributed by atoms with Gasteiger partial charge in [0, 0.05) is 17.5 Å². The van der Waals surface area contributed by atoms with Gasteiger partial charge in [0.2, 0.25) is 0 Å². The Bertz CT molecular complexity index is 607. The molecular formula is C14H11FN2. The van der Waals surface area contributed by atoms with Crippen LogP contribution in [-0.4, -0.2) is 4.57 Å². The molecule has 1 aliphatic rings. The Hall–Kier alpha value is -2.08. The average molecular weight is 226 g/mol. The fraction of sp³-hybridized carbons (Fsp3) is 0.214. The van der Waals surface area contributed by atoms with Crippen LogP contribution in [0.25, 0.3) is 0 Å². The van der Waals surface area contributed by atoms with Crippen molar-refractivity contribution in [3.8, 4) is 6.07 Å². The minimum Gasteiger partial charge on any atom is -0.344 e. The van der Waals surface area contributed by atoms with Crippen LogP contribution in [0.15, 0.2) is 36.5 Å². The Labute approximate surface area is 98.9 Å². The maximum atomic E-state index is 13.9. The fourth-order valence-electron chi connectivity index (χ4n) is 2.54. The van der Waals surface area contributed by atoms with Crippen LogP contribution in [0.2, 0.25) is 0 Å². The van der Waals surface area contributed by atoms with Gasteiger partial charge in [0.15, 0.2) is 0 Å². The SMILES string of the molecule is N#Cc1ccc([C@H]2CCc3cccn32)c(F)c1. The van der Waals surface area contributed by atoms with Gasteiger partial charge >= 0.3 is 0 Å². The van der Waals surface area contributed by atoms with Gasteiger partial charge in [0.05, 0.1) is 17.7 Å². The monoisotopic (exact) mass is 226 g/mol. The lowest BCUT2D eigenvalue weighted by molar-refractivity contribution is 0.547. The van der Waals surface area contributed by atoms with E-state index in [0.717, 1.165) is 12.8 Å². The molecule has 0 N–H and O–H groups in total. The Balaban J connectivity index is 2.05. The molecule has 3 rings (SSSR count). The third kappa shape index (κ3) is 1.53. The van der Waals surface area contributed by atoms with E-state index in [9.17, 15) is 4.39 Å². The highest BCUT2D eigenvalue weighted by molar-refractivity contribution is 5.35. The number of aryl methyl sites for hydroxylation is 1. The lowest BCUT2D eigenvalue weighted by Gasteiger charge is -2.14. The van der Waals surface area contributed by atoms with Crippen LogP contribution in [0.5, 0.6) is 0 Å². The van der Waals surface area contributed by atoms with E-state index in [-0.39, 0.29) is 11.9 Å². The molecular weight excluding hydrogens is 215 g/mol. The van der Waals surface area contributed by atoms with Gasteiger partial charge in [-0.05, 0) is 37.1 Å². The molecule has 2 nitrogen and oxygen atoms in total. The lowest BCUT2D eigenvalue weighted by Crippen LogP contribution is -2.06. The van der Waals surface area contributed by atoms with Crippen molar-refractivity contribution in [2.75, 3.05) is 0 Å². The van der Waals surface area contributed by atoms with Gasteiger partial charge in [-0.2, -0.15) is 5.26 Å². The molecule has 0 spiro atoms. The quantitative estimate of drug-likeness (QED) is 0.734. The summed E-state index contributed by atoms with van der Waals surface area (Å²) in [6.45, 7) is 0. The van der Waals surface area contributed by atoms with Crippen LogP contribution in [0.4, 0.5) is 4.39 Å². The van der Waals surface area contributed by atoms with Gasteiger partial charge in [0.1, 0.15) is 5.82 Å². The van der Waals surface area contributed by atoms with E-state index in [2.05, 4.69) is 10.6 Å². The molecule has 1 atom stereocenters. The van der Waals surface area contributed by atoms with Gasteiger partial charge in [-0.3, -0.25) is 0 Å². The minimum atomic E-state index is -0.282. The van der Waals surface area contributed by atoms with E-state index in [1.54, 1.807) is 12.1 Å². The van der Waals surface area contributed by atoms with Crippen molar-refractivity contribution in [3.63, 3.8) is 0 Å². The molecule has 84 valence electrons. The van der Waals surface area contributed by atoms with E-state index >= 15 is 0 Å². The third-order valence-corrected chi connectivity index (χ3v) is 3.37. The Morgan fingerprint density at radius 3 is 3.00 bits per heavy atom. The summed E-state index contributed by atoms with van der Waals surface area (Å²) in [5.41, 5.74) is 2.30. The largest absolute Gasteiger partial charge is 0.344 e. The zero-order chi connectivity index (χ0) is 11.8. The summed E-state index contributed by atoms with van der Waals surface area (Å²) in [7, 11) is 0. The van der Waals surface area contributed by atoms with Crippen molar-refractivity contribution >= 4 is 0 Å². The summed E-state index contributed by atoms with van der Waals surface area (Å²) in [4.78, 5) is 0. The first kappa shape index (κ1) is 10.1. The van der Waals surface area contributed by atoms with Gasteiger partial charge in [-0.15, -0.1) is 0 Å². The zero-order valence-electron chi connectivity index (χ0n) is 9.23. The maximum absolute atomic E-state index is 13.9. The number of benzene rings is 1. The Morgan fingerprint density at radius 1 is 1.35 bits per heavy atom. The predicted octanol–water partition coefficient (Wildman–Crippen LogP) is 3.03. The second-order valence-corrected chi connectivity index (χ2v) is 4.31. The highest BCUT2D eigenvalue weighted by atomic mass is 19.1. The number of rotatable bonds is 1. The highest BCUT2D eigenvalue weighted by Crippen LogP contribution is 2.33. The second-order valence-electron chi connectivity index (χ2n) is 4.31. The lowest BCUT2D eigenvalue weighted by atomic mass is 10.0. The van der Waals surface area contributed by atoms with Crippen LogP contribution in [0.3, 0.4) is 0 Å². The number of hydrogen-bond donors (Lipinski definition) is 0. The molecule has 3 heteroatoms. The van der Waals surface area contributed by atoms with Crippen LogP contribution >= 0.6 is 0 Å². The molecule has 0 bridgehead atoms. The standard InChI is InChI=1S/C14H11FN2/c15-13-8-10(9-16)3-5-12(13)14-6-4-11-2-1-7-17(11)14/h1-3,5,7-8,14H,4,6H2/t14-/m1/s1. The van der Waals surface area contributed by atoms with Crippen LogP contribution < -0.4 is 0 Å². The van der Waals surface area contributed by atoms with Gasteiger partial charge in [-0.25, -0.2) is 4.39 Å². The summed E-state index contributed by atoms with van der Waals surface area (Å²) in [6, 6.07) is 10.8. The summed E-state index contributed by atoms with van der Waals surface area (Å²) in [6.07, 6.45) is 3.90. The zero-order valence-corrected chi connectivity index (χ0v) is 9.23. The van der Waals surface area contributed by atoms with Crippen molar-refractivity contribution in [3.05, 3.63) is 59.2 Å². The van der Waals surface area contributed by atoms with Crippen LogP contribution in [0.1, 0.15) is 29.3 Å². The summed E-state index contributed by atoms with van der Waals surface area (Å²) in [5.74, 6) is -0.282. The van der Waals surface area contributed by atoms with Crippen molar-refractivity contribution in [2.24, 2.45) is 0 Å². The second kappa shape index (κ2) is 3.74. The molecule has 0 amide bonds. The highest BCUT2D eigenvalue weighted by Gasteiger charge is 2.24. The molecule has 1 aromatic carbocycles. The topological polar surface area (TPSA) is 28.7 Å². The number of fused-ring (bicyclic) bond motifs is 1. The minimum absolute atomic E-state index is 0.0766. The summed E-state index contributed by atoms with van der Waals surface area (Å²) < 4.78 is 16.0. The predicted molar refractivity (Wildman–Crippen MR) is 62.0 cm³/mol. The normalized spacial score (nSPS) is 17.8. The van der Waals surface area contributed by atoms with Gasteiger partial charge < -0.3 is 4.57 Å². The number of nitriles is 1. The van der Waals surface area contributed by atoms with E-state index < -0.39 is 0 Å². The molecule has 0 unspecified atom stereocenters. The summed E-state index contributed by atoms with van der Waals surface area (Å²) >= 11 is 0. The van der Waals surface area contributed by atoms with Crippen LogP contribution in [-0.2, 0) is 6.42 Å². The smallest absolute Gasteiger partial charge is 0.129 e. The maximum Gasteiger partial charge on any atom is 0.129 e. The molecule has 0 saturated carbocycles. The first-order valence-corrected chi connectivity index (χ1v) is 5.65. The first-order chi connectivity index (χ1) is 8.29. The average Bonchev–Trinajstić information content (AvgIpc) is 2.91. The molecule has 2 aromatic rings. The molecule has 0 saturated heterocycles. The van der Waals surface area contributed by atoms with E-state index in [1.165, 1.54) is 11.8 Å². The van der Waals surface area contributed by atoms with Crippen molar-refractivity contribution in [1.29, 1.82) is 5.26 Å². The molecule has 1 aromatic heterocycles. The fourth-order valence-corrected chi connectivity index (χ4v) is 2.54. The van der Waals surface area contributed by atoms with Gasteiger partial charge in [0.25, 0.3) is 0 Å². The van der Waals surface area contributed by atoms with Crippen molar-refractivity contribution in [2.45, 2.75) is 18.9 Å². The molecule has 17 heavy (non-hydrogen) atoms. The van der Waals surface area contributed by atoms with E-state index in [1.807, 2.05) is 18.3 Å².